The van der Waals surface area contributed by atoms with Crippen molar-refractivity contribution in [3.63, 3.8) is 0 Å². The number of ether oxygens (including phenoxy) is 3. The molecule has 0 aromatic rings. The van der Waals surface area contributed by atoms with E-state index < -0.39 is 71.7 Å². The number of hydrogen-bond acceptors (Lipinski definition) is 12. The predicted octanol–water partition coefficient (Wildman–Crippen LogP) is -3.94. The van der Waals surface area contributed by atoms with E-state index >= 15 is 0 Å². The first kappa shape index (κ1) is 22.4. The van der Waals surface area contributed by atoms with Crippen LogP contribution in [0.5, 0.6) is 0 Å². The summed E-state index contributed by atoms with van der Waals surface area (Å²) in [4.78, 5) is 11.3. The topological polar surface area (TPSA) is 187 Å². The van der Waals surface area contributed by atoms with E-state index in [9.17, 15) is 33.1 Å². The average molecular weight is 413 g/mol. The first-order chi connectivity index (χ1) is 12.5. The van der Waals surface area contributed by atoms with Gasteiger partial charge in [-0.2, -0.15) is 0 Å². The molecule has 3 N–H and O–H groups in total. The standard InChI is InChI=1S/C14H25NO11S/c1-6-4-23-12(13(18)19)11(10(6)17)26-14-9(15-2)8(16)3-7(25-14)5-24-27(20,21)22/h6-12,14-17H,3-5H2,1-2H3,(H,18,19)(H,20,21,22)/p-2/t6?,7?,8-,9?,10+,11-,12?,14+/m1/s1. The maximum Gasteiger partial charge on any atom is 0.217 e. The second-order valence-corrected chi connectivity index (χ2v) is 7.63. The van der Waals surface area contributed by atoms with Gasteiger partial charge in [0.1, 0.15) is 12.2 Å². The summed E-state index contributed by atoms with van der Waals surface area (Å²) in [5.41, 5.74) is 0. The van der Waals surface area contributed by atoms with Gasteiger partial charge >= 0.3 is 0 Å². The van der Waals surface area contributed by atoms with Gasteiger partial charge in [-0.05, 0) is 7.05 Å². The Labute approximate surface area is 156 Å². The van der Waals surface area contributed by atoms with Gasteiger partial charge in [-0.1, -0.05) is 6.92 Å². The molecule has 27 heavy (non-hydrogen) atoms. The van der Waals surface area contributed by atoms with Gasteiger partial charge in [-0.25, -0.2) is 8.42 Å². The van der Waals surface area contributed by atoms with E-state index in [0.29, 0.717) is 0 Å². The van der Waals surface area contributed by atoms with E-state index in [4.69, 9.17) is 14.2 Å². The Bertz CT molecular complexity index is 614. The zero-order valence-electron chi connectivity index (χ0n) is 14.7. The highest BCUT2D eigenvalue weighted by atomic mass is 32.3. The van der Waals surface area contributed by atoms with Crippen molar-refractivity contribution < 1.29 is 51.5 Å². The van der Waals surface area contributed by atoms with Crippen LogP contribution in [-0.4, -0.2) is 92.3 Å². The van der Waals surface area contributed by atoms with Crippen molar-refractivity contribution >= 4 is 16.4 Å². The molecule has 0 aromatic carbocycles. The Morgan fingerprint density at radius 3 is 2.59 bits per heavy atom. The Morgan fingerprint density at radius 1 is 1.37 bits per heavy atom. The van der Waals surface area contributed by atoms with Gasteiger partial charge in [0, 0.05) is 12.3 Å². The number of carbonyl (C=O) groups is 1. The van der Waals surface area contributed by atoms with Crippen LogP contribution < -0.4 is 10.4 Å². The van der Waals surface area contributed by atoms with Crippen LogP contribution in [-0.2, 0) is 33.6 Å². The summed E-state index contributed by atoms with van der Waals surface area (Å²) in [7, 11) is -3.46. The van der Waals surface area contributed by atoms with Crippen LogP contribution in [0.4, 0.5) is 0 Å². The first-order valence-electron chi connectivity index (χ1n) is 8.30. The van der Waals surface area contributed by atoms with E-state index in [2.05, 4.69) is 9.50 Å². The molecule has 0 bridgehead atoms. The lowest BCUT2D eigenvalue weighted by Gasteiger charge is -2.45. The highest BCUT2D eigenvalue weighted by molar-refractivity contribution is 7.80. The van der Waals surface area contributed by atoms with Crippen LogP contribution >= 0.6 is 0 Å². The number of likely N-dealkylation sites (N-methyl/N-ethyl adjacent to an activating group) is 1. The minimum atomic E-state index is -4.95. The Balaban J connectivity index is 2.14. The fourth-order valence-electron chi connectivity index (χ4n) is 3.10. The normalized spacial score (nSPS) is 40.6. The number of aliphatic hydroxyl groups excluding tert-OH is 2. The molecule has 2 heterocycles. The molecule has 0 spiro atoms. The Hall–Kier alpha value is -0.900. The summed E-state index contributed by atoms with van der Waals surface area (Å²) in [6.45, 7) is 0.971. The largest absolute Gasteiger partial charge is 0.726 e. The van der Waals surface area contributed by atoms with E-state index in [-0.39, 0.29) is 13.0 Å². The zero-order chi connectivity index (χ0) is 20.4. The Morgan fingerprint density at radius 2 is 2.04 bits per heavy atom. The lowest BCUT2D eigenvalue weighted by molar-refractivity contribution is -0.338. The van der Waals surface area contributed by atoms with Crippen molar-refractivity contribution in [2.75, 3.05) is 20.3 Å². The number of rotatable bonds is 7. The minimum Gasteiger partial charge on any atom is -0.726 e. The molecule has 12 nitrogen and oxygen atoms in total. The second-order valence-electron chi connectivity index (χ2n) is 6.58. The third-order valence-corrected chi connectivity index (χ3v) is 4.98. The maximum atomic E-state index is 11.3. The molecule has 158 valence electrons. The fourth-order valence-corrected chi connectivity index (χ4v) is 3.42. The quantitative estimate of drug-likeness (QED) is 0.272. The van der Waals surface area contributed by atoms with Gasteiger partial charge in [0.15, 0.2) is 6.29 Å². The molecule has 0 amide bonds. The first-order valence-corrected chi connectivity index (χ1v) is 9.63. The Kier molecular flexibility index (Phi) is 7.52. The van der Waals surface area contributed by atoms with Gasteiger partial charge in [0.2, 0.25) is 10.4 Å². The smallest absolute Gasteiger partial charge is 0.217 e. The molecular formula is C14H23NO11S-2. The van der Waals surface area contributed by atoms with Crippen LogP contribution in [0.3, 0.4) is 0 Å². The number of hydrogen-bond donors (Lipinski definition) is 3. The summed E-state index contributed by atoms with van der Waals surface area (Å²) in [5, 5.41) is 34.6. The zero-order valence-corrected chi connectivity index (χ0v) is 15.5. The van der Waals surface area contributed by atoms with Crippen molar-refractivity contribution in [1.29, 1.82) is 0 Å². The maximum absolute atomic E-state index is 11.3. The molecule has 0 radical (unpaired) electrons. The van der Waals surface area contributed by atoms with Crippen LogP contribution in [0.25, 0.3) is 0 Å². The summed E-state index contributed by atoms with van der Waals surface area (Å²) < 4.78 is 52.3. The molecule has 2 saturated heterocycles. The molecular weight excluding hydrogens is 390 g/mol. The van der Waals surface area contributed by atoms with Crippen LogP contribution in [0.1, 0.15) is 13.3 Å². The lowest BCUT2D eigenvalue weighted by atomic mass is 9.93. The molecule has 0 aliphatic carbocycles. The third kappa shape index (κ3) is 5.79. The summed E-state index contributed by atoms with van der Waals surface area (Å²) in [6, 6.07) is -0.822. The van der Waals surface area contributed by atoms with Crippen molar-refractivity contribution in [2.24, 2.45) is 5.92 Å². The molecule has 13 heteroatoms. The number of carboxylic acid groups (broad SMARTS) is 1. The number of carbonyl (C=O) groups excluding carboxylic acids is 1. The molecule has 4 unspecified atom stereocenters. The van der Waals surface area contributed by atoms with Crippen molar-refractivity contribution in [3.05, 3.63) is 0 Å². The van der Waals surface area contributed by atoms with E-state index in [0.717, 1.165) is 0 Å². The highest BCUT2D eigenvalue weighted by Crippen LogP contribution is 2.28. The minimum absolute atomic E-state index is 0.0128. The molecule has 2 rings (SSSR count). The van der Waals surface area contributed by atoms with E-state index in [1.165, 1.54) is 7.05 Å². The SMILES string of the molecule is CNC1[C@H](O[C@H]2C(C(=O)[O-])OCC(C)[C@@H]2O)OC(COS(=O)(=O)[O-])C[C@H]1O. The number of carboxylic acids is 1. The third-order valence-electron chi connectivity index (χ3n) is 4.55. The van der Waals surface area contributed by atoms with Gasteiger partial charge < -0.3 is 44.2 Å². The van der Waals surface area contributed by atoms with Crippen LogP contribution in [0.2, 0.25) is 0 Å². The highest BCUT2D eigenvalue weighted by Gasteiger charge is 2.45. The number of nitrogens with one attached hydrogen (secondary N) is 1. The molecule has 0 saturated carbocycles. The number of aliphatic carboxylic acids is 1. The predicted molar refractivity (Wildman–Crippen MR) is 82.6 cm³/mol. The summed E-state index contributed by atoms with van der Waals surface area (Å²) in [6.07, 6.45) is -7.57. The molecule has 0 aromatic heterocycles. The summed E-state index contributed by atoms with van der Waals surface area (Å²) in [5.74, 6) is -2.02. The van der Waals surface area contributed by atoms with E-state index in [1.54, 1.807) is 6.92 Å². The molecule has 2 aliphatic rings. The van der Waals surface area contributed by atoms with Gasteiger partial charge in [0.25, 0.3) is 0 Å². The monoisotopic (exact) mass is 413 g/mol. The molecule has 8 atom stereocenters. The molecule has 2 aliphatic heterocycles. The van der Waals surface area contributed by atoms with Gasteiger partial charge in [-0.3, -0.25) is 4.18 Å². The summed E-state index contributed by atoms with van der Waals surface area (Å²) >= 11 is 0. The lowest BCUT2D eigenvalue weighted by Crippen LogP contribution is -2.62. The van der Waals surface area contributed by atoms with E-state index in [1.807, 2.05) is 0 Å². The second kappa shape index (κ2) is 9.07. The van der Waals surface area contributed by atoms with Crippen molar-refractivity contribution in [3.8, 4) is 0 Å². The number of aliphatic hydroxyl groups is 2. The molecule has 2 fully saturated rings. The van der Waals surface area contributed by atoms with Crippen LogP contribution in [0.15, 0.2) is 0 Å². The van der Waals surface area contributed by atoms with Crippen LogP contribution in [0, 0.1) is 5.92 Å². The van der Waals surface area contributed by atoms with Crippen molar-refractivity contribution in [2.45, 2.75) is 56.2 Å². The average Bonchev–Trinajstić information content (AvgIpc) is 2.56. The van der Waals surface area contributed by atoms with Crippen molar-refractivity contribution in [1.82, 2.24) is 5.32 Å². The van der Waals surface area contributed by atoms with Gasteiger partial charge in [0.05, 0.1) is 43.5 Å². The fraction of sp³-hybridized carbons (Fsp3) is 0.929. The van der Waals surface area contributed by atoms with Gasteiger partial charge in [-0.15, -0.1) is 0 Å².